The minimum Gasteiger partial charge on any atom is -0.450 e. The molecule has 0 atom stereocenters. The lowest BCUT2D eigenvalue weighted by Gasteiger charge is -2.05. The third-order valence-corrected chi connectivity index (χ3v) is 3.03. The maximum absolute atomic E-state index is 14.0. The molecule has 0 saturated carbocycles. The second-order valence-corrected chi connectivity index (χ2v) is 4.34. The Morgan fingerprint density at radius 2 is 2.00 bits per heavy atom. The van der Waals surface area contributed by atoms with Crippen molar-refractivity contribution in [1.29, 1.82) is 0 Å². The van der Waals surface area contributed by atoms with Gasteiger partial charge in [0.05, 0.1) is 13.2 Å². The number of rotatable bonds is 6. The molecule has 0 unspecified atom stereocenters. The van der Waals surface area contributed by atoms with Gasteiger partial charge in [0.15, 0.2) is 11.6 Å². The van der Waals surface area contributed by atoms with Crippen molar-refractivity contribution in [3.63, 3.8) is 0 Å². The molecule has 0 fully saturated rings. The number of hydrogen-bond acceptors (Lipinski definition) is 3. The van der Waals surface area contributed by atoms with Gasteiger partial charge in [0.2, 0.25) is 0 Å². The van der Waals surface area contributed by atoms with Crippen LogP contribution in [0.3, 0.4) is 0 Å². The summed E-state index contributed by atoms with van der Waals surface area (Å²) in [6.07, 6.45) is 1.44. The quantitative estimate of drug-likeness (QED) is 0.828. The molecule has 1 radical (unpaired) electrons. The van der Waals surface area contributed by atoms with Crippen LogP contribution < -0.4 is 5.46 Å². The topological polar surface area (TPSA) is 47.3 Å². The second kappa shape index (κ2) is 8.00. The van der Waals surface area contributed by atoms with Crippen molar-refractivity contribution in [2.24, 2.45) is 0 Å². The molecule has 0 aliphatic rings. The Kier molecular flexibility index (Phi) is 6.64. The molecule has 1 aromatic heterocycles. The van der Waals surface area contributed by atoms with Gasteiger partial charge in [-0.15, -0.1) is 0 Å². The molecule has 0 aliphatic carbocycles. The van der Waals surface area contributed by atoms with E-state index >= 15 is 0 Å². The van der Waals surface area contributed by atoms with E-state index in [-0.39, 0.29) is 29.7 Å². The number of nitrogens with zero attached hydrogens (tertiary/aromatic N) is 2. The summed E-state index contributed by atoms with van der Waals surface area (Å²) in [6, 6.07) is 2.49. The minimum absolute atomic E-state index is 0. The van der Waals surface area contributed by atoms with Gasteiger partial charge >= 0.3 is 7.48 Å². The van der Waals surface area contributed by atoms with E-state index in [9.17, 15) is 13.2 Å². The molecule has 0 spiro atoms. The first-order valence-electron chi connectivity index (χ1n) is 6.19. The molecule has 2 aromatic rings. The van der Waals surface area contributed by atoms with Crippen LogP contribution in [0.2, 0.25) is 0 Å². The molecule has 0 bridgehead atoms. The van der Waals surface area contributed by atoms with Crippen LogP contribution >= 0.6 is 0 Å². The molecule has 1 aromatic carbocycles. The standard InChI is InChI=1S/C13H13BF3N2O2.CH4/c1-21-5-4-19-7-9(11(6-15)18-19)8-2-3-10(14-20)13(17)12(8)16;/h2-3,7,20H,4-6H2,1H3;1H4. The summed E-state index contributed by atoms with van der Waals surface area (Å²) in [4.78, 5) is 0. The Labute approximate surface area is 127 Å². The summed E-state index contributed by atoms with van der Waals surface area (Å²) in [7, 11) is 1.99. The van der Waals surface area contributed by atoms with Crippen molar-refractivity contribution in [2.45, 2.75) is 20.6 Å². The number of alkyl halides is 1. The van der Waals surface area contributed by atoms with Gasteiger partial charge < -0.3 is 9.76 Å². The van der Waals surface area contributed by atoms with Crippen molar-refractivity contribution in [1.82, 2.24) is 9.78 Å². The van der Waals surface area contributed by atoms with E-state index in [1.807, 2.05) is 0 Å². The van der Waals surface area contributed by atoms with E-state index in [0.29, 0.717) is 20.6 Å². The fourth-order valence-electron chi connectivity index (χ4n) is 1.96. The van der Waals surface area contributed by atoms with Gasteiger partial charge in [-0.05, 0) is 5.46 Å². The number of benzene rings is 1. The maximum Gasteiger partial charge on any atom is 0.329 e. The highest BCUT2D eigenvalue weighted by Crippen LogP contribution is 2.27. The Bertz CT molecular complexity index is 635. The molecule has 8 heteroatoms. The van der Waals surface area contributed by atoms with Gasteiger partial charge in [-0.1, -0.05) is 19.6 Å². The van der Waals surface area contributed by atoms with Crippen LogP contribution in [-0.4, -0.2) is 36.0 Å². The lowest BCUT2D eigenvalue weighted by Crippen LogP contribution is -2.19. The molecule has 1 heterocycles. The molecule has 2 rings (SSSR count). The lowest BCUT2D eigenvalue weighted by atomic mass is 9.86. The molecule has 0 saturated heterocycles. The minimum atomic E-state index is -1.19. The number of methoxy groups -OCH3 is 1. The van der Waals surface area contributed by atoms with Crippen molar-refractivity contribution in [2.75, 3.05) is 13.7 Å². The van der Waals surface area contributed by atoms with Gasteiger partial charge in [-0.2, -0.15) is 5.10 Å². The van der Waals surface area contributed by atoms with Gasteiger partial charge in [0.1, 0.15) is 12.4 Å². The van der Waals surface area contributed by atoms with E-state index < -0.39 is 18.3 Å². The van der Waals surface area contributed by atoms with Crippen LogP contribution in [0.25, 0.3) is 11.1 Å². The highest BCUT2D eigenvalue weighted by molar-refractivity contribution is 6.45. The molecular formula is C14H17BF3N2O2. The normalized spacial score (nSPS) is 10.4. The SMILES string of the molecule is C.COCCn1cc(-c2ccc([B]O)c(F)c2F)c(CF)n1. The fraction of sp³-hybridized carbons (Fsp3) is 0.357. The molecule has 0 amide bonds. The van der Waals surface area contributed by atoms with Crippen LogP contribution in [0.5, 0.6) is 0 Å². The summed E-state index contributed by atoms with van der Waals surface area (Å²) in [6.45, 7) is -0.164. The van der Waals surface area contributed by atoms with Crippen LogP contribution in [-0.2, 0) is 18.0 Å². The highest BCUT2D eigenvalue weighted by atomic mass is 19.2. The summed E-state index contributed by atoms with van der Waals surface area (Å²) in [5.41, 5.74) is -0.182. The van der Waals surface area contributed by atoms with E-state index in [0.717, 1.165) is 0 Å². The zero-order valence-electron chi connectivity index (χ0n) is 11.3. The first-order valence-corrected chi connectivity index (χ1v) is 6.19. The Morgan fingerprint density at radius 1 is 1.27 bits per heavy atom. The predicted octanol–water partition coefficient (Wildman–Crippen LogP) is 1.82. The van der Waals surface area contributed by atoms with Crippen molar-refractivity contribution >= 4 is 12.9 Å². The average molecular weight is 313 g/mol. The summed E-state index contributed by atoms with van der Waals surface area (Å²) in [5, 5.41) is 12.8. The van der Waals surface area contributed by atoms with Crippen molar-refractivity contribution in [3.8, 4) is 11.1 Å². The largest absolute Gasteiger partial charge is 0.450 e. The Balaban J connectivity index is 0.00000242. The zero-order valence-corrected chi connectivity index (χ0v) is 11.3. The van der Waals surface area contributed by atoms with Crippen LogP contribution in [0, 0.1) is 11.6 Å². The third kappa shape index (κ3) is 3.51. The van der Waals surface area contributed by atoms with Crippen LogP contribution in [0.15, 0.2) is 18.3 Å². The van der Waals surface area contributed by atoms with Crippen LogP contribution in [0.4, 0.5) is 13.2 Å². The van der Waals surface area contributed by atoms with E-state index in [4.69, 9.17) is 9.76 Å². The Morgan fingerprint density at radius 3 is 2.59 bits per heavy atom. The van der Waals surface area contributed by atoms with Gasteiger partial charge in [-0.25, -0.2) is 13.2 Å². The van der Waals surface area contributed by atoms with Gasteiger partial charge in [0, 0.05) is 24.4 Å². The molecule has 0 aliphatic heterocycles. The maximum atomic E-state index is 14.0. The third-order valence-electron chi connectivity index (χ3n) is 3.03. The van der Waals surface area contributed by atoms with Gasteiger partial charge in [0.25, 0.3) is 0 Å². The molecule has 1 N–H and O–H groups in total. The first-order chi connectivity index (χ1) is 10.1. The molecule has 22 heavy (non-hydrogen) atoms. The van der Waals surface area contributed by atoms with E-state index in [1.165, 1.54) is 30.1 Å². The van der Waals surface area contributed by atoms with Crippen molar-refractivity contribution in [3.05, 3.63) is 35.7 Å². The summed E-state index contributed by atoms with van der Waals surface area (Å²) < 4.78 is 47.0. The number of ether oxygens (including phenoxy) is 1. The number of aromatic nitrogens is 2. The lowest BCUT2D eigenvalue weighted by molar-refractivity contribution is 0.183. The highest BCUT2D eigenvalue weighted by Gasteiger charge is 2.19. The van der Waals surface area contributed by atoms with Crippen molar-refractivity contribution < 1.29 is 22.9 Å². The van der Waals surface area contributed by atoms with E-state index in [2.05, 4.69) is 5.10 Å². The monoisotopic (exact) mass is 313 g/mol. The molecule has 4 nitrogen and oxygen atoms in total. The zero-order chi connectivity index (χ0) is 15.4. The Hall–Kier alpha value is -1.80. The smallest absolute Gasteiger partial charge is 0.329 e. The number of halogens is 3. The van der Waals surface area contributed by atoms with Crippen LogP contribution in [0.1, 0.15) is 13.1 Å². The second-order valence-electron chi connectivity index (χ2n) is 4.34. The summed E-state index contributed by atoms with van der Waals surface area (Å²) >= 11 is 0. The van der Waals surface area contributed by atoms with Gasteiger partial charge in [-0.3, -0.25) is 4.68 Å². The average Bonchev–Trinajstić information content (AvgIpc) is 2.91. The predicted molar refractivity (Wildman–Crippen MR) is 78.6 cm³/mol. The number of hydrogen-bond donors (Lipinski definition) is 1. The first kappa shape index (κ1) is 18.3. The molecule has 119 valence electrons. The fourth-order valence-corrected chi connectivity index (χ4v) is 1.96. The van der Waals surface area contributed by atoms with E-state index in [1.54, 1.807) is 0 Å². The molecular weight excluding hydrogens is 296 g/mol. The summed E-state index contributed by atoms with van der Waals surface area (Å²) in [5.74, 6) is -2.34.